The largest absolute Gasteiger partial charge is 0.497 e. The number of aromatic nitrogens is 2. The molecule has 2 aromatic rings. The lowest BCUT2D eigenvalue weighted by atomic mass is 10.2. The predicted molar refractivity (Wildman–Crippen MR) is 109 cm³/mol. The molecule has 1 aromatic carbocycles. The van der Waals surface area contributed by atoms with Gasteiger partial charge in [-0.2, -0.15) is 18.3 Å². The number of rotatable bonds is 11. The minimum atomic E-state index is -4.99. The van der Waals surface area contributed by atoms with Crippen LogP contribution in [0.15, 0.2) is 35.3 Å². The standard InChI is InChI=1S/C21H25F3N2O7/c1-4-32-20(29)16(27)12-31-11-13(2)33-17-9-25-26(19(28)18(17)21(22,23)24)10-14-5-7-15(30-3)8-6-14/h5-9,13,16,27H,4,10-12H2,1-3H3. The normalized spacial score (nSPS) is 13.3. The quantitative estimate of drug-likeness (QED) is 0.493. The molecule has 2 unspecified atom stereocenters. The van der Waals surface area contributed by atoms with Crippen LogP contribution < -0.4 is 15.0 Å². The number of hydrogen-bond acceptors (Lipinski definition) is 8. The summed E-state index contributed by atoms with van der Waals surface area (Å²) in [5.74, 6) is -1.07. The van der Waals surface area contributed by atoms with Crippen LogP contribution >= 0.6 is 0 Å². The zero-order valence-corrected chi connectivity index (χ0v) is 18.3. The minimum absolute atomic E-state index is 0.0760. The molecule has 0 aliphatic rings. The highest BCUT2D eigenvalue weighted by Gasteiger charge is 2.39. The SMILES string of the molecule is CCOC(=O)C(O)COCC(C)Oc1cnn(Cc2ccc(OC)cc2)c(=O)c1C(F)(F)F. The Morgan fingerprint density at radius 3 is 2.45 bits per heavy atom. The van der Waals surface area contributed by atoms with Crippen molar-refractivity contribution in [1.82, 2.24) is 9.78 Å². The molecule has 0 aliphatic heterocycles. The molecular formula is C21H25F3N2O7. The summed E-state index contributed by atoms with van der Waals surface area (Å²) in [6.07, 6.45) is -6.65. The summed E-state index contributed by atoms with van der Waals surface area (Å²) in [4.78, 5) is 23.9. The Hall–Kier alpha value is -3.12. The van der Waals surface area contributed by atoms with Crippen molar-refractivity contribution in [3.8, 4) is 11.5 Å². The Bertz CT molecular complexity index is 977. The van der Waals surface area contributed by atoms with Gasteiger partial charge in [0.05, 0.1) is 39.7 Å². The van der Waals surface area contributed by atoms with Crippen molar-refractivity contribution in [2.75, 3.05) is 26.9 Å². The van der Waals surface area contributed by atoms with E-state index in [1.807, 2.05) is 0 Å². The Morgan fingerprint density at radius 1 is 1.21 bits per heavy atom. The van der Waals surface area contributed by atoms with Crippen molar-refractivity contribution in [2.24, 2.45) is 0 Å². The van der Waals surface area contributed by atoms with Crippen LogP contribution in [0, 0.1) is 0 Å². The fourth-order valence-corrected chi connectivity index (χ4v) is 2.74. The summed E-state index contributed by atoms with van der Waals surface area (Å²) in [5, 5.41) is 13.4. The number of ether oxygens (including phenoxy) is 4. The number of aliphatic hydroxyl groups is 1. The summed E-state index contributed by atoms with van der Waals surface area (Å²) in [5.41, 5.74) is -2.31. The molecule has 33 heavy (non-hydrogen) atoms. The van der Waals surface area contributed by atoms with Crippen LogP contribution in [0.2, 0.25) is 0 Å². The van der Waals surface area contributed by atoms with Gasteiger partial charge in [-0.05, 0) is 31.5 Å². The average molecular weight is 474 g/mol. The Labute approximate surface area is 187 Å². The van der Waals surface area contributed by atoms with Gasteiger partial charge < -0.3 is 24.1 Å². The number of carbonyl (C=O) groups excluding carboxylic acids is 1. The van der Waals surface area contributed by atoms with Crippen molar-refractivity contribution in [3.05, 3.63) is 51.9 Å². The summed E-state index contributed by atoms with van der Waals surface area (Å²) >= 11 is 0. The molecule has 0 radical (unpaired) electrons. The first-order valence-electron chi connectivity index (χ1n) is 9.96. The first-order valence-corrected chi connectivity index (χ1v) is 9.96. The fourth-order valence-electron chi connectivity index (χ4n) is 2.74. The molecule has 2 rings (SSSR count). The Morgan fingerprint density at radius 2 is 1.88 bits per heavy atom. The zero-order valence-electron chi connectivity index (χ0n) is 18.3. The highest BCUT2D eigenvalue weighted by Crippen LogP contribution is 2.33. The van der Waals surface area contributed by atoms with E-state index in [0.717, 1.165) is 6.20 Å². The summed E-state index contributed by atoms with van der Waals surface area (Å²) in [6, 6.07) is 6.44. The highest BCUT2D eigenvalue weighted by molar-refractivity contribution is 5.74. The van der Waals surface area contributed by atoms with Gasteiger partial charge in [-0.25, -0.2) is 9.48 Å². The Balaban J connectivity index is 2.12. The average Bonchev–Trinajstić information content (AvgIpc) is 2.75. The molecule has 1 heterocycles. The van der Waals surface area contributed by atoms with Gasteiger partial charge in [-0.3, -0.25) is 4.79 Å². The van der Waals surface area contributed by atoms with E-state index in [0.29, 0.717) is 16.0 Å². The molecule has 1 aromatic heterocycles. The maximum Gasteiger partial charge on any atom is 0.425 e. The third-order valence-electron chi connectivity index (χ3n) is 4.30. The molecule has 182 valence electrons. The number of esters is 1. The third-order valence-corrected chi connectivity index (χ3v) is 4.30. The van der Waals surface area contributed by atoms with Crippen LogP contribution in [0.1, 0.15) is 25.0 Å². The number of aliphatic hydroxyl groups excluding tert-OH is 1. The van der Waals surface area contributed by atoms with Crippen molar-refractivity contribution in [3.63, 3.8) is 0 Å². The monoisotopic (exact) mass is 474 g/mol. The Kier molecular flexibility index (Phi) is 9.23. The zero-order chi connectivity index (χ0) is 24.6. The number of hydrogen-bond donors (Lipinski definition) is 1. The van der Waals surface area contributed by atoms with E-state index in [-0.39, 0.29) is 19.8 Å². The molecule has 9 nitrogen and oxygen atoms in total. The number of alkyl halides is 3. The lowest BCUT2D eigenvalue weighted by molar-refractivity contribution is -0.156. The van der Waals surface area contributed by atoms with Gasteiger partial charge in [0, 0.05) is 0 Å². The molecule has 2 atom stereocenters. The molecule has 1 N–H and O–H groups in total. The van der Waals surface area contributed by atoms with Crippen molar-refractivity contribution in [2.45, 2.75) is 38.8 Å². The number of methoxy groups -OCH3 is 1. The lowest BCUT2D eigenvalue weighted by Gasteiger charge is -2.19. The number of benzene rings is 1. The molecule has 0 bridgehead atoms. The summed E-state index contributed by atoms with van der Waals surface area (Å²) in [7, 11) is 1.48. The second-order valence-corrected chi connectivity index (χ2v) is 6.93. The van der Waals surface area contributed by atoms with E-state index in [9.17, 15) is 27.9 Å². The second-order valence-electron chi connectivity index (χ2n) is 6.93. The van der Waals surface area contributed by atoms with Crippen molar-refractivity contribution in [1.29, 1.82) is 0 Å². The van der Waals surface area contributed by atoms with Gasteiger partial charge in [0.15, 0.2) is 17.4 Å². The topological polar surface area (TPSA) is 109 Å². The van der Waals surface area contributed by atoms with Gasteiger partial charge in [-0.15, -0.1) is 0 Å². The van der Waals surface area contributed by atoms with Gasteiger partial charge in [-0.1, -0.05) is 12.1 Å². The molecule has 0 amide bonds. The summed E-state index contributed by atoms with van der Waals surface area (Å²) < 4.78 is 61.6. The molecular weight excluding hydrogens is 449 g/mol. The van der Waals surface area contributed by atoms with Crippen LogP contribution in [0.5, 0.6) is 11.5 Å². The van der Waals surface area contributed by atoms with E-state index in [1.165, 1.54) is 14.0 Å². The molecule has 0 saturated carbocycles. The van der Waals surface area contributed by atoms with Crippen molar-refractivity contribution < 1.29 is 42.0 Å². The van der Waals surface area contributed by atoms with Crippen LogP contribution in [0.25, 0.3) is 0 Å². The predicted octanol–water partition coefficient (Wildman–Crippen LogP) is 2.03. The number of nitrogens with zero attached hydrogens (tertiary/aromatic N) is 2. The van der Waals surface area contributed by atoms with E-state index < -0.39 is 47.8 Å². The smallest absolute Gasteiger partial charge is 0.425 e. The third kappa shape index (κ3) is 7.46. The van der Waals surface area contributed by atoms with Crippen LogP contribution in [-0.2, 0) is 27.0 Å². The molecule has 0 aliphatic carbocycles. The molecule has 0 spiro atoms. The van der Waals surface area contributed by atoms with Gasteiger partial charge in [0.2, 0.25) is 0 Å². The van der Waals surface area contributed by atoms with Crippen LogP contribution in [-0.4, -0.2) is 60.0 Å². The lowest BCUT2D eigenvalue weighted by Crippen LogP contribution is -2.33. The van der Waals surface area contributed by atoms with E-state index >= 15 is 0 Å². The highest BCUT2D eigenvalue weighted by atomic mass is 19.4. The van der Waals surface area contributed by atoms with E-state index in [2.05, 4.69) is 9.84 Å². The van der Waals surface area contributed by atoms with E-state index in [4.69, 9.17) is 14.2 Å². The molecule has 0 saturated heterocycles. The molecule has 0 fully saturated rings. The first-order chi connectivity index (χ1) is 15.6. The number of carbonyl (C=O) groups is 1. The van der Waals surface area contributed by atoms with E-state index in [1.54, 1.807) is 31.2 Å². The van der Waals surface area contributed by atoms with Gasteiger partial charge in [0.1, 0.15) is 11.9 Å². The van der Waals surface area contributed by atoms with Gasteiger partial charge in [0.25, 0.3) is 5.56 Å². The van der Waals surface area contributed by atoms with Crippen molar-refractivity contribution >= 4 is 5.97 Å². The van der Waals surface area contributed by atoms with Gasteiger partial charge >= 0.3 is 12.1 Å². The second kappa shape index (κ2) is 11.7. The minimum Gasteiger partial charge on any atom is -0.497 e. The molecule has 12 heteroatoms. The van der Waals surface area contributed by atoms with Crippen LogP contribution in [0.3, 0.4) is 0 Å². The summed E-state index contributed by atoms with van der Waals surface area (Å²) in [6.45, 7) is 2.17. The van der Waals surface area contributed by atoms with Crippen LogP contribution in [0.4, 0.5) is 13.2 Å². The number of halogens is 3. The maximum atomic E-state index is 13.6. The maximum absolute atomic E-state index is 13.6. The first kappa shape index (κ1) is 26.1. The fraction of sp³-hybridized carbons (Fsp3) is 0.476.